The highest BCUT2D eigenvalue weighted by atomic mass is 16.4. The number of aryl methyl sites for hydroxylation is 2. The summed E-state index contributed by atoms with van der Waals surface area (Å²) in [6.45, 7) is 3.18. The van der Waals surface area contributed by atoms with Crippen LogP contribution in [0.3, 0.4) is 0 Å². The maximum Gasteiger partial charge on any atom is 0.303 e. The molecule has 0 fully saturated rings. The summed E-state index contributed by atoms with van der Waals surface area (Å²) in [5.41, 5.74) is 2.36. The van der Waals surface area contributed by atoms with Crippen molar-refractivity contribution in [2.24, 2.45) is 0 Å². The predicted molar refractivity (Wildman–Crippen MR) is 72.8 cm³/mol. The molecule has 1 heterocycles. The lowest BCUT2D eigenvalue weighted by Gasteiger charge is -2.02. The van der Waals surface area contributed by atoms with E-state index in [-0.39, 0.29) is 6.42 Å². The fourth-order valence-electron chi connectivity index (χ4n) is 2.28. The molecule has 0 aliphatic carbocycles. The molecule has 0 bridgehead atoms. The first-order valence-corrected chi connectivity index (χ1v) is 6.51. The number of unbranched alkanes of at least 4 members (excludes halogenated alkanes) is 1. The predicted octanol–water partition coefficient (Wildman–Crippen LogP) is 3.46. The molecule has 0 atom stereocenters. The van der Waals surface area contributed by atoms with Gasteiger partial charge in [-0.1, -0.05) is 31.5 Å². The highest BCUT2D eigenvalue weighted by molar-refractivity contribution is 5.84. The Hall–Kier alpha value is -1.77. The molecule has 0 saturated carbocycles. The van der Waals surface area contributed by atoms with Crippen molar-refractivity contribution < 1.29 is 9.90 Å². The van der Waals surface area contributed by atoms with Crippen LogP contribution in [0.25, 0.3) is 10.9 Å². The number of carboxylic acid groups (broad SMARTS) is 1. The third kappa shape index (κ3) is 2.73. The Morgan fingerprint density at radius 1 is 1.33 bits per heavy atom. The van der Waals surface area contributed by atoms with E-state index in [0.717, 1.165) is 24.9 Å². The maximum absolute atomic E-state index is 10.7. The van der Waals surface area contributed by atoms with Crippen LogP contribution in [-0.2, 0) is 17.8 Å². The summed E-state index contributed by atoms with van der Waals surface area (Å²) < 4.78 is 2.25. The van der Waals surface area contributed by atoms with Gasteiger partial charge in [-0.2, -0.15) is 0 Å². The van der Waals surface area contributed by atoms with E-state index in [1.165, 1.54) is 10.9 Å². The van der Waals surface area contributed by atoms with Gasteiger partial charge >= 0.3 is 5.97 Å². The van der Waals surface area contributed by atoms with Crippen molar-refractivity contribution in [3.8, 4) is 0 Å². The van der Waals surface area contributed by atoms with Gasteiger partial charge in [0.2, 0.25) is 0 Å². The first-order valence-electron chi connectivity index (χ1n) is 6.51. The molecule has 1 aromatic heterocycles. The van der Waals surface area contributed by atoms with Crippen LogP contribution >= 0.6 is 0 Å². The Labute approximate surface area is 107 Å². The Bertz CT molecular complexity index is 542. The number of fused-ring (bicyclic) bond motifs is 1. The summed E-state index contributed by atoms with van der Waals surface area (Å²) in [6, 6.07) is 8.23. The number of para-hydroxylation sites is 1. The van der Waals surface area contributed by atoms with Gasteiger partial charge in [-0.15, -0.1) is 0 Å². The minimum atomic E-state index is -0.736. The largest absolute Gasteiger partial charge is 0.481 e. The molecule has 2 rings (SSSR count). The van der Waals surface area contributed by atoms with Gasteiger partial charge in [0.25, 0.3) is 0 Å². The standard InChI is InChI=1S/C15H19NO2/c1-2-3-10-16-11-12(8-9-15(17)18)13-6-4-5-7-14(13)16/h4-7,11H,2-3,8-10H2,1H3,(H,17,18). The number of benzene rings is 1. The highest BCUT2D eigenvalue weighted by Gasteiger charge is 2.08. The van der Waals surface area contributed by atoms with Crippen molar-refractivity contribution in [3.63, 3.8) is 0 Å². The highest BCUT2D eigenvalue weighted by Crippen LogP contribution is 2.23. The van der Waals surface area contributed by atoms with Gasteiger partial charge in [-0.3, -0.25) is 4.79 Å². The van der Waals surface area contributed by atoms with E-state index in [0.29, 0.717) is 6.42 Å². The van der Waals surface area contributed by atoms with Crippen molar-refractivity contribution >= 4 is 16.9 Å². The van der Waals surface area contributed by atoms with Crippen molar-refractivity contribution in [1.29, 1.82) is 0 Å². The van der Waals surface area contributed by atoms with Crippen LogP contribution in [0.4, 0.5) is 0 Å². The van der Waals surface area contributed by atoms with E-state index in [1.807, 2.05) is 12.1 Å². The van der Waals surface area contributed by atoms with E-state index < -0.39 is 5.97 Å². The lowest BCUT2D eigenvalue weighted by Crippen LogP contribution is -1.97. The lowest BCUT2D eigenvalue weighted by atomic mass is 10.1. The molecule has 96 valence electrons. The first-order chi connectivity index (χ1) is 8.72. The molecule has 0 unspecified atom stereocenters. The summed E-state index contributed by atoms with van der Waals surface area (Å²) in [5.74, 6) is -0.736. The van der Waals surface area contributed by atoms with Crippen LogP contribution in [0.5, 0.6) is 0 Å². The molecule has 0 spiro atoms. The Morgan fingerprint density at radius 3 is 2.83 bits per heavy atom. The minimum absolute atomic E-state index is 0.196. The summed E-state index contributed by atoms with van der Waals surface area (Å²) in [4.78, 5) is 10.7. The molecule has 2 aromatic rings. The van der Waals surface area contributed by atoms with Gasteiger partial charge in [0.15, 0.2) is 0 Å². The van der Waals surface area contributed by atoms with Gasteiger partial charge in [-0.05, 0) is 24.5 Å². The lowest BCUT2D eigenvalue weighted by molar-refractivity contribution is -0.136. The van der Waals surface area contributed by atoms with E-state index >= 15 is 0 Å². The number of carboxylic acids is 1. The second-order valence-electron chi connectivity index (χ2n) is 4.61. The number of hydrogen-bond donors (Lipinski definition) is 1. The SMILES string of the molecule is CCCCn1cc(CCC(=O)O)c2ccccc21. The fourth-order valence-corrected chi connectivity index (χ4v) is 2.28. The maximum atomic E-state index is 10.7. The van der Waals surface area contributed by atoms with Gasteiger partial charge in [0, 0.05) is 30.1 Å². The molecular weight excluding hydrogens is 226 g/mol. The molecule has 1 N–H and O–H groups in total. The molecule has 3 nitrogen and oxygen atoms in total. The molecule has 0 aliphatic rings. The molecule has 0 aliphatic heterocycles. The quantitative estimate of drug-likeness (QED) is 0.846. The number of nitrogens with zero attached hydrogens (tertiary/aromatic N) is 1. The molecule has 0 amide bonds. The number of carbonyl (C=O) groups is 1. The second kappa shape index (κ2) is 5.71. The van der Waals surface area contributed by atoms with Crippen molar-refractivity contribution in [3.05, 3.63) is 36.0 Å². The average molecular weight is 245 g/mol. The van der Waals surface area contributed by atoms with Crippen LogP contribution in [0.15, 0.2) is 30.5 Å². The molecule has 0 saturated heterocycles. The summed E-state index contributed by atoms with van der Waals surface area (Å²) in [6.07, 6.45) is 5.23. The smallest absolute Gasteiger partial charge is 0.303 e. The van der Waals surface area contributed by atoms with E-state index in [4.69, 9.17) is 5.11 Å². The Balaban J connectivity index is 2.31. The van der Waals surface area contributed by atoms with E-state index in [2.05, 4.69) is 29.8 Å². The van der Waals surface area contributed by atoms with Crippen LogP contribution < -0.4 is 0 Å². The summed E-state index contributed by atoms with van der Waals surface area (Å²) in [5, 5.41) is 9.98. The number of aliphatic carboxylic acids is 1. The van der Waals surface area contributed by atoms with Crippen molar-refractivity contribution in [2.45, 2.75) is 39.2 Å². The van der Waals surface area contributed by atoms with Gasteiger partial charge in [0.05, 0.1) is 0 Å². The first kappa shape index (κ1) is 12.7. The normalized spacial score (nSPS) is 10.9. The number of aromatic nitrogens is 1. The zero-order chi connectivity index (χ0) is 13.0. The van der Waals surface area contributed by atoms with Gasteiger partial charge in [0.1, 0.15) is 0 Å². The van der Waals surface area contributed by atoms with Crippen molar-refractivity contribution in [2.75, 3.05) is 0 Å². The summed E-state index contributed by atoms with van der Waals surface area (Å²) >= 11 is 0. The third-order valence-electron chi connectivity index (χ3n) is 3.23. The average Bonchev–Trinajstić information content (AvgIpc) is 2.72. The Kier molecular flexibility index (Phi) is 4.03. The molecule has 0 radical (unpaired) electrons. The summed E-state index contributed by atoms with van der Waals surface area (Å²) in [7, 11) is 0. The monoisotopic (exact) mass is 245 g/mol. The minimum Gasteiger partial charge on any atom is -0.481 e. The topological polar surface area (TPSA) is 42.2 Å². The van der Waals surface area contributed by atoms with Crippen molar-refractivity contribution in [1.82, 2.24) is 4.57 Å². The second-order valence-corrected chi connectivity index (χ2v) is 4.61. The third-order valence-corrected chi connectivity index (χ3v) is 3.23. The van der Waals surface area contributed by atoms with Crippen LogP contribution in [0.1, 0.15) is 31.7 Å². The van der Waals surface area contributed by atoms with Gasteiger partial charge < -0.3 is 9.67 Å². The molecule has 18 heavy (non-hydrogen) atoms. The van der Waals surface area contributed by atoms with Crippen LogP contribution in [-0.4, -0.2) is 15.6 Å². The number of hydrogen-bond acceptors (Lipinski definition) is 1. The molecular formula is C15H19NO2. The molecule has 3 heteroatoms. The van der Waals surface area contributed by atoms with E-state index in [1.54, 1.807) is 0 Å². The van der Waals surface area contributed by atoms with Crippen LogP contribution in [0, 0.1) is 0 Å². The fraction of sp³-hybridized carbons (Fsp3) is 0.400. The Morgan fingerprint density at radius 2 is 2.11 bits per heavy atom. The van der Waals surface area contributed by atoms with Crippen LogP contribution in [0.2, 0.25) is 0 Å². The zero-order valence-corrected chi connectivity index (χ0v) is 10.7. The van der Waals surface area contributed by atoms with E-state index in [9.17, 15) is 4.79 Å². The van der Waals surface area contributed by atoms with Gasteiger partial charge in [-0.25, -0.2) is 0 Å². The molecule has 1 aromatic carbocycles. The number of rotatable bonds is 6. The zero-order valence-electron chi connectivity index (χ0n) is 10.7.